The lowest BCUT2D eigenvalue weighted by molar-refractivity contribution is -0.129. The van der Waals surface area contributed by atoms with Crippen LogP contribution in [0.5, 0.6) is 0 Å². The number of aryl methyl sites for hydroxylation is 1. The van der Waals surface area contributed by atoms with Crippen molar-refractivity contribution in [3.63, 3.8) is 0 Å². The summed E-state index contributed by atoms with van der Waals surface area (Å²) in [5, 5.41) is 2.56. The third-order valence-electron chi connectivity index (χ3n) is 3.41. The first-order chi connectivity index (χ1) is 9.87. The number of hydrogen-bond acceptors (Lipinski definition) is 4. The summed E-state index contributed by atoms with van der Waals surface area (Å²) in [6.45, 7) is 2.20. The molecule has 21 heavy (non-hydrogen) atoms. The Hall–Kier alpha value is -1.89. The van der Waals surface area contributed by atoms with E-state index in [0.717, 1.165) is 5.56 Å². The van der Waals surface area contributed by atoms with E-state index in [1.165, 1.54) is 4.90 Å². The van der Waals surface area contributed by atoms with Crippen LogP contribution < -0.4 is 5.32 Å². The summed E-state index contributed by atoms with van der Waals surface area (Å²) < 4.78 is 22.6. The van der Waals surface area contributed by atoms with Crippen molar-refractivity contribution in [3.8, 4) is 0 Å². The second-order valence-electron chi connectivity index (χ2n) is 5.08. The van der Waals surface area contributed by atoms with Crippen molar-refractivity contribution in [2.45, 2.75) is 6.92 Å². The molecule has 1 fully saturated rings. The van der Waals surface area contributed by atoms with Gasteiger partial charge in [-0.2, -0.15) is 0 Å². The van der Waals surface area contributed by atoms with E-state index in [-0.39, 0.29) is 43.0 Å². The van der Waals surface area contributed by atoms with E-state index in [9.17, 15) is 18.0 Å². The van der Waals surface area contributed by atoms with E-state index in [0.29, 0.717) is 5.56 Å². The van der Waals surface area contributed by atoms with Crippen LogP contribution in [0, 0.1) is 6.92 Å². The van der Waals surface area contributed by atoms with Crippen molar-refractivity contribution in [1.29, 1.82) is 0 Å². The van der Waals surface area contributed by atoms with Crippen LogP contribution in [0.15, 0.2) is 24.3 Å². The highest BCUT2D eigenvalue weighted by molar-refractivity contribution is 7.91. The van der Waals surface area contributed by atoms with Crippen LogP contribution in [0.25, 0.3) is 0 Å². The maximum absolute atomic E-state index is 11.9. The molecule has 0 atom stereocenters. The van der Waals surface area contributed by atoms with Crippen LogP contribution in [-0.2, 0) is 14.6 Å². The molecule has 7 heteroatoms. The molecule has 0 radical (unpaired) electrons. The number of carbonyl (C=O) groups is 2. The van der Waals surface area contributed by atoms with Gasteiger partial charge in [0.25, 0.3) is 5.91 Å². The summed E-state index contributed by atoms with van der Waals surface area (Å²) in [4.78, 5) is 25.3. The zero-order valence-corrected chi connectivity index (χ0v) is 12.6. The van der Waals surface area contributed by atoms with Crippen LogP contribution in [-0.4, -0.2) is 56.3 Å². The molecule has 0 spiro atoms. The van der Waals surface area contributed by atoms with E-state index in [1.807, 2.05) is 19.1 Å². The van der Waals surface area contributed by atoms with E-state index in [2.05, 4.69) is 5.32 Å². The monoisotopic (exact) mass is 310 g/mol. The van der Waals surface area contributed by atoms with E-state index < -0.39 is 9.84 Å². The molecule has 0 aliphatic carbocycles. The largest absolute Gasteiger partial charge is 0.343 e. The molecule has 1 aromatic rings. The molecule has 2 amide bonds. The van der Waals surface area contributed by atoms with Gasteiger partial charge in [-0.25, -0.2) is 8.42 Å². The quantitative estimate of drug-likeness (QED) is 0.850. The van der Waals surface area contributed by atoms with Gasteiger partial charge < -0.3 is 10.2 Å². The predicted molar refractivity (Wildman–Crippen MR) is 78.7 cm³/mol. The lowest BCUT2D eigenvalue weighted by Crippen LogP contribution is -2.47. The van der Waals surface area contributed by atoms with Crippen LogP contribution in [0.2, 0.25) is 0 Å². The second kappa shape index (κ2) is 6.26. The van der Waals surface area contributed by atoms with Gasteiger partial charge in [-0.1, -0.05) is 17.7 Å². The van der Waals surface area contributed by atoms with Gasteiger partial charge in [0.2, 0.25) is 5.91 Å². The third kappa shape index (κ3) is 4.29. The first-order valence-electron chi connectivity index (χ1n) is 6.70. The fraction of sp³-hybridized carbons (Fsp3) is 0.429. The molecule has 0 aromatic heterocycles. The van der Waals surface area contributed by atoms with Crippen molar-refractivity contribution in [1.82, 2.24) is 10.2 Å². The molecular formula is C14H18N2O4S. The summed E-state index contributed by atoms with van der Waals surface area (Å²) in [5.41, 5.74) is 1.55. The van der Waals surface area contributed by atoms with Crippen LogP contribution in [0.3, 0.4) is 0 Å². The van der Waals surface area contributed by atoms with Crippen LogP contribution in [0.1, 0.15) is 15.9 Å². The zero-order valence-electron chi connectivity index (χ0n) is 11.8. The molecule has 1 N–H and O–H groups in total. The van der Waals surface area contributed by atoms with Gasteiger partial charge in [0, 0.05) is 18.7 Å². The Morgan fingerprint density at radius 1 is 1.14 bits per heavy atom. The highest BCUT2D eigenvalue weighted by atomic mass is 32.2. The van der Waals surface area contributed by atoms with E-state index >= 15 is 0 Å². The molecule has 1 aromatic carbocycles. The van der Waals surface area contributed by atoms with Gasteiger partial charge in [-0.05, 0) is 19.1 Å². The SMILES string of the molecule is Cc1ccc(C(=O)NCC(=O)N2CCS(=O)(=O)CC2)cc1. The Morgan fingerprint density at radius 3 is 2.29 bits per heavy atom. The van der Waals surface area contributed by atoms with Gasteiger partial charge in [-0.15, -0.1) is 0 Å². The van der Waals surface area contributed by atoms with Crippen molar-refractivity contribution >= 4 is 21.7 Å². The fourth-order valence-electron chi connectivity index (χ4n) is 2.04. The molecule has 0 bridgehead atoms. The number of nitrogens with one attached hydrogen (secondary N) is 1. The molecule has 6 nitrogen and oxygen atoms in total. The number of nitrogens with zero attached hydrogens (tertiary/aromatic N) is 1. The first kappa shape index (κ1) is 15.5. The number of benzene rings is 1. The summed E-state index contributed by atoms with van der Waals surface area (Å²) in [7, 11) is -3.01. The fourth-order valence-corrected chi connectivity index (χ4v) is 3.24. The Balaban J connectivity index is 1.84. The number of sulfone groups is 1. The predicted octanol–water partition coefficient (Wildman–Crippen LogP) is -0.0182. The summed E-state index contributed by atoms with van der Waals surface area (Å²) in [5.74, 6) is -0.590. The molecule has 0 unspecified atom stereocenters. The summed E-state index contributed by atoms with van der Waals surface area (Å²) in [6, 6.07) is 7.05. The molecule has 2 rings (SSSR count). The number of hydrogen-bond donors (Lipinski definition) is 1. The van der Waals surface area contributed by atoms with Crippen LogP contribution in [0.4, 0.5) is 0 Å². The number of rotatable bonds is 3. The van der Waals surface area contributed by atoms with E-state index in [1.54, 1.807) is 12.1 Å². The standard InChI is InChI=1S/C14H18N2O4S/c1-11-2-4-12(5-3-11)14(18)15-10-13(17)16-6-8-21(19,20)9-7-16/h2-5H,6-10H2,1H3,(H,15,18). The molecule has 1 aliphatic rings. The van der Waals surface area contributed by atoms with Gasteiger partial charge in [0.05, 0.1) is 18.1 Å². The minimum Gasteiger partial charge on any atom is -0.343 e. The smallest absolute Gasteiger partial charge is 0.251 e. The second-order valence-corrected chi connectivity index (χ2v) is 7.38. The van der Waals surface area contributed by atoms with Crippen molar-refractivity contribution in [2.24, 2.45) is 0 Å². The highest BCUT2D eigenvalue weighted by Gasteiger charge is 2.24. The van der Waals surface area contributed by atoms with Gasteiger partial charge in [0.15, 0.2) is 9.84 Å². The number of amides is 2. The van der Waals surface area contributed by atoms with Crippen LogP contribution >= 0.6 is 0 Å². The summed E-state index contributed by atoms with van der Waals surface area (Å²) >= 11 is 0. The Morgan fingerprint density at radius 2 is 1.71 bits per heavy atom. The summed E-state index contributed by atoms with van der Waals surface area (Å²) in [6.07, 6.45) is 0. The number of carbonyl (C=O) groups excluding carboxylic acids is 2. The lowest BCUT2D eigenvalue weighted by atomic mass is 10.1. The third-order valence-corrected chi connectivity index (χ3v) is 5.02. The Bertz CT molecular complexity index is 623. The molecular weight excluding hydrogens is 292 g/mol. The topological polar surface area (TPSA) is 83.6 Å². The molecule has 0 saturated carbocycles. The average molecular weight is 310 g/mol. The minimum absolute atomic E-state index is 0.00928. The maximum Gasteiger partial charge on any atom is 0.251 e. The van der Waals surface area contributed by atoms with Gasteiger partial charge >= 0.3 is 0 Å². The maximum atomic E-state index is 11.9. The molecule has 1 saturated heterocycles. The average Bonchev–Trinajstić information content (AvgIpc) is 2.45. The normalized spacial score (nSPS) is 17.3. The van der Waals surface area contributed by atoms with Crippen molar-refractivity contribution in [2.75, 3.05) is 31.1 Å². The van der Waals surface area contributed by atoms with Gasteiger partial charge in [0.1, 0.15) is 0 Å². The Labute approximate surface area is 124 Å². The van der Waals surface area contributed by atoms with Gasteiger partial charge in [-0.3, -0.25) is 9.59 Å². The minimum atomic E-state index is -3.01. The lowest BCUT2D eigenvalue weighted by Gasteiger charge is -2.26. The van der Waals surface area contributed by atoms with Crippen molar-refractivity contribution < 1.29 is 18.0 Å². The van der Waals surface area contributed by atoms with Crippen molar-refractivity contribution in [3.05, 3.63) is 35.4 Å². The molecule has 1 aliphatic heterocycles. The van der Waals surface area contributed by atoms with E-state index in [4.69, 9.17) is 0 Å². The Kier molecular flexibility index (Phi) is 4.62. The molecule has 1 heterocycles. The zero-order chi connectivity index (χ0) is 15.5. The molecule has 114 valence electrons. The highest BCUT2D eigenvalue weighted by Crippen LogP contribution is 2.05. The first-order valence-corrected chi connectivity index (χ1v) is 8.52.